The largest absolute Gasteiger partial charge is 0.378 e. The number of carbonyl (C=O) groups excluding carboxylic acids is 2. The van der Waals surface area contributed by atoms with Crippen molar-refractivity contribution in [2.45, 2.75) is 6.92 Å². The summed E-state index contributed by atoms with van der Waals surface area (Å²) in [5.41, 5.74) is 8.16. The number of nitrogens with two attached hydrogens (primary N) is 1. The van der Waals surface area contributed by atoms with Crippen LogP contribution >= 0.6 is 0 Å². The summed E-state index contributed by atoms with van der Waals surface area (Å²) < 4.78 is 19.5. The molecule has 118 valence electrons. The molecule has 7 nitrogen and oxygen atoms in total. The molecule has 2 amide bonds. The predicted octanol–water partition coefficient (Wildman–Crippen LogP) is -0.0122. The van der Waals surface area contributed by atoms with Crippen molar-refractivity contribution in [3.63, 3.8) is 0 Å². The molecule has 0 spiro atoms. The molecule has 0 aliphatic carbocycles. The number of morpholine rings is 1. The van der Waals surface area contributed by atoms with Gasteiger partial charge in [-0.25, -0.2) is 9.82 Å². The third-order valence-corrected chi connectivity index (χ3v) is 3.27. The lowest BCUT2D eigenvalue weighted by Crippen LogP contribution is -2.36. The molecule has 1 aliphatic heterocycles. The summed E-state index contributed by atoms with van der Waals surface area (Å²) in [6.45, 7) is 4.00. The molecule has 2 rings (SSSR count). The van der Waals surface area contributed by atoms with Crippen molar-refractivity contribution in [1.82, 2.24) is 5.43 Å². The first-order valence-corrected chi connectivity index (χ1v) is 6.75. The Morgan fingerprint density at radius 3 is 2.64 bits per heavy atom. The Kier molecular flexibility index (Phi) is 5.05. The van der Waals surface area contributed by atoms with Gasteiger partial charge in [0, 0.05) is 18.7 Å². The van der Waals surface area contributed by atoms with Crippen LogP contribution in [0.2, 0.25) is 0 Å². The van der Waals surface area contributed by atoms with Crippen LogP contribution in [0.4, 0.5) is 10.1 Å². The summed E-state index contributed by atoms with van der Waals surface area (Å²) in [6, 6.07) is 4.69. The van der Waals surface area contributed by atoms with E-state index in [1.807, 2.05) is 10.3 Å². The van der Waals surface area contributed by atoms with Gasteiger partial charge in [-0.05, 0) is 19.1 Å². The average Bonchev–Trinajstić information content (AvgIpc) is 2.52. The number of nitrogens with one attached hydrogen (secondary N) is 1. The number of hydrogen-bond donors (Lipinski definition) is 2. The molecule has 0 saturated carbocycles. The number of hydrogen-bond acceptors (Lipinski definition) is 5. The zero-order valence-electron chi connectivity index (χ0n) is 12.1. The summed E-state index contributed by atoms with van der Waals surface area (Å²) in [5.74, 6) is -2.54. The summed E-state index contributed by atoms with van der Waals surface area (Å²) in [4.78, 5) is 23.5. The Bertz CT molecular complexity index is 612. The fraction of sp³-hybridized carbons (Fsp3) is 0.357. The SMILES string of the molecule is C/C(=N/NC(=O)C(N)=O)c1ccc(N2CCOCC2)c(F)c1. The van der Waals surface area contributed by atoms with E-state index in [1.54, 1.807) is 19.1 Å². The number of halogens is 1. The molecule has 1 saturated heterocycles. The van der Waals surface area contributed by atoms with Gasteiger partial charge < -0.3 is 15.4 Å². The highest BCUT2D eigenvalue weighted by molar-refractivity contribution is 6.34. The van der Waals surface area contributed by atoms with E-state index in [-0.39, 0.29) is 5.82 Å². The molecule has 0 bridgehead atoms. The van der Waals surface area contributed by atoms with Crippen molar-refractivity contribution >= 4 is 23.2 Å². The molecule has 1 heterocycles. The maximum absolute atomic E-state index is 14.2. The number of benzene rings is 1. The molecule has 0 atom stereocenters. The lowest BCUT2D eigenvalue weighted by Gasteiger charge is -2.29. The minimum Gasteiger partial charge on any atom is -0.378 e. The van der Waals surface area contributed by atoms with Gasteiger partial charge in [0.05, 0.1) is 24.6 Å². The molecule has 1 aromatic carbocycles. The monoisotopic (exact) mass is 308 g/mol. The van der Waals surface area contributed by atoms with E-state index >= 15 is 0 Å². The van der Waals surface area contributed by atoms with Gasteiger partial charge in [-0.3, -0.25) is 9.59 Å². The van der Waals surface area contributed by atoms with Crippen LogP contribution in [0.15, 0.2) is 23.3 Å². The van der Waals surface area contributed by atoms with Crippen LogP contribution < -0.4 is 16.1 Å². The number of nitrogens with zero attached hydrogens (tertiary/aromatic N) is 2. The molecule has 8 heteroatoms. The van der Waals surface area contributed by atoms with Crippen LogP contribution in [0.25, 0.3) is 0 Å². The highest BCUT2D eigenvalue weighted by atomic mass is 19.1. The molecule has 0 aromatic heterocycles. The van der Waals surface area contributed by atoms with Crippen molar-refractivity contribution in [2.24, 2.45) is 10.8 Å². The first-order valence-electron chi connectivity index (χ1n) is 6.75. The summed E-state index contributed by atoms with van der Waals surface area (Å²) in [6.07, 6.45) is 0. The van der Waals surface area contributed by atoms with Crippen LogP contribution in [0.5, 0.6) is 0 Å². The maximum Gasteiger partial charge on any atom is 0.329 e. The van der Waals surface area contributed by atoms with Crippen molar-refractivity contribution in [1.29, 1.82) is 0 Å². The van der Waals surface area contributed by atoms with Crippen LogP contribution in [-0.4, -0.2) is 43.8 Å². The van der Waals surface area contributed by atoms with Crippen molar-refractivity contribution in [3.8, 4) is 0 Å². The predicted molar refractivity (Wildman–Crippen MR) is 79.0 cm³/mol. The Morgan fingerprint density at radius 1 is 1.36 bits per heavy atom. The van der Waals surface area contributed by atoms with Crippen LogP contribution in [0, 0.1) is 5.82 Å². The minimum atomic E-state index is -1.13. The molecular formula is C14H17FN4O3. The quantitative estimate of drug-likeness (QED) is 0.466. The molecule has 1 aliphatic rings. The van der Waals surface area contributed by atoms with Gasteiger partial charge in [-0.2, -0.15) is 5.10 Å². The first-order chi connectivity index (χ1) is 10.5. The van der Waals surface area contributed by atoms with Gasteiger partial charge >= 0.3 is 11.8 Å². The number of carbonyl (C=O) groups is 2. The van der Waals surface area contributed by atoms with Gasteiger partial charge in [-0.15, -0.1) is 0 Å². The Hall–Kier alpha value is -2.48. The lowest BCUT2D eigenvalue weighted by molar-refractivity contribution is -0.137. The second-order valence-electron chi connectivity index (χ2n) is 4.77. The number of primary amides is 1. The van der Waals surface area contributed by atoms with E-state index in [2.05, 4.69) is 5.10 Å². The fourth-order valence-corrected chi connectivity index (χ4v) is 2.05. The molecule has 3 N–H and O–H groups in total. The molecule has 22 heavy (non-hydrogen) atoms. The molecule has 1 fully saturated rings. The fourth-order valence-electron chi connectivity index (χ4n) is 2.05. The molecule has 0 radical (unpaired) electrons. The van der Waals surface area contributed by atoms with Gasteiger partial charge in [0.25, 0.3) is 0 Å². The second-order valence-corrected chi connectivity index (χ2v) is 4.77. The third-order valence-electron chi connectivity index (χ3n) is 3.27. The van der Waals surface area contributed by atoms with Gasteiger partial charge in [0.1, 0.15) is 5.82 Å². The van der Waals surface area contributed by atoms with E-state index in [0.717, 1.165) is 0 Å². The average molecular weight is 308 g/mol. The molecule has 1 aromatic rings. The Labute approximate surface area is 126 Å². The standard InChI is InChI=1S/C14H17FN4O3/c1-9(17-18-14(21)13(16)20)10-2-3-12(11(15)8-10)19-4-6-22-7-5-19/h2-3,8H,4-7H2,1H3,(H2,16,20)(H,18,21)/b17-9-. The topological polar surface area (TPSA) is 97.0 Å². The normalized spacial score (nSPS) is 15.5. The van der Waals surface area contributed by atoms with Crippen LogP contribution in [0.1, 0.15) is 12.5 Å². The smallest absolute Gasteiger partial charge is 0.329 e. The Balaban J connectivity index is 2.12. The zero-order chi connectivity index (χ0) is 16.1. The number of hydrazone groups is 1. The highest BCUT2D eigenvalue weighted by Gasteiger charge is 2.16. The molecule has 0 unspecified atom stereocenters. The summed E-state index contributed by atoms with van der Waals surface area (Å²) in [5, 5.41) is 3.71. The van der Waals surface area contributed by atoms with Crippen molar-refractivity contribution < 1.29 is 18.7 Å². The van der Waals surface area contributed by atoms with E-state index in [0.29, 0.717) is 43.3 Å². The van der Waals surface area contributed by atoms with E-state index < -0.39 is 11.8 Å². The van der Waals surface area contributed by atoms with E-state index in [4.69, 9.17) is 10.5 Å². The van der Waals surface area contributed by atoms with Crippen molar-refractivity contribution in [3.05, 3.63) is 29.6 Å². The van der Waals surface area contributed by atoms with Gasteiger partial charge in [0.2, 0.25) is 0 Å². The number of ether oxygens (including phenoxy) is 1. The van der Waals surface area contributed by atoms with Crippen LogP contribution in [-0.2, 0) is 14.3 Å². The first kappa shape index (κ1) is 15.9. The van der Waals surface area contributed by atoms with Gasteiger partial charge in [-0.1, -0.05) is 6.07 Å². The number of rotatable bonds is 3. The van der Waals surface area contributed by atoms with Gasteiger partial charge in [0.15, 0.2) is 0 Å². The summed E-state index contributed by atoms with van der Waals surface area (Å²) in [7, 11) is 0. The van der Waals surface area contributed by atoms with Crippen LogP contribution in [0.3, 0.4) is 0 Å². The third kappa shape index (κ3) is 3.79. The number of amides is 2. The Morgan fingerprint density at radius 2 is 2.05 bits per heavy atom. The van der Waals surface area contributed by atoms with E-state index in [1.165, 1.54) is 6.07 Å². The minimum absolute atomic E-state index is 0.363. The zero-order valence-corrected chi connectivity index (χ0v) is 12.1. The van der Waals surface area contributed by atoms with E-state index in [9.17, 15) is 14.0 Å². The van der Waals surface area contributed by atoms with Crippen molar-refractivity contribution in [2.75, 3.05) is 31.2 Å². The second kappa shape index (κ2) is 6.99. The highest BCUT2D eigenvalue weighted by Crippen LogP contribution is 2.21. The summed E-state index contributed by atoms with van der Waals surface area (Å²) >= 11 is 0. The lowest BCUT2D eigenvalue weighted by atomic mass is 10.1. The maximum atomic E-state index is 14.2. The number of anilines is 1. The molecular weight excluding hydrogens is 291 g/mol.